The monoisotopic (exact) mass is 330 g/mol. The molecule has 1 aromatic heterocycles. The molecule has 1 amide bonds. The summed E-state index contributed by atoms with van der Waals surface area (Å²) in [5.74, 6) is -0.548. The normalized spacial score (nSPS) is 11.1. The molecule has 0 unspecified atom stereocenters. The van der Waals surface area contributed by atoms with E-state index in [-0.39, 0.29) is 11.3 Å². The van der Waals surface area contributed by atoms with Gasteiger partial charge in [0.1, 0.15) is 5.75 Å². The van der Waals surface area contributed by atoms with E-state index >= 15 is 0 Å². The molecule has 0 atom stereocenters. The fourth-order valence-electron chi connectivity index (χ4n) is 2.02. The number of halogens is 1. The number of hydrogen-bond acceptors (Lipinski definition) is 4. The van der Waals surface area contributed by atoms with Crippen molar-refractivity contribution >= 4 is 45.8 Å². The SMILES string of the molecule is O=C(N/N=C/c1ccc(Cl)s1)c1cc2ccccc2cc1O. The summed E-state index contributed by atoms with van der Waals surface area (Å²) in [6.45, 7) is 0. The highest BCUT2D eigenvalue weighted by Gasteiger charge is 2.11. The van der Waals surface area contributed by atoms with Crippen molar-refractivity contribution in [2.75, 3.05) is 0 Å². The van der Waals surface area contributed by atoms with Crippen LogP contribution in [-0.4, -0.2) is 17.2 Å². The molecule has 110 valence electrons. The van der Waals surface area contributed by atoms with Crippen LogP contribution in [-0.2, 0) is 0 Å². The maximum absolute atomic E-state index is 12.1. The fourth-order valence-corrected chi connectivity index (χ4v) is 2.96. The minimum atomic E-state index is -0.470. The highest BCUT2D eigenvalue weighted by Crippen LogP contribution is 2.25. The van der Waals surface area contributed by atoms with Gasteiger partial charge in [-0.15, -0.1) is 11.3 Å². The Kier molecular flexibility index (Phi) is 4.09. The van der Waals surface area contributed by atoms with Crippen molar-refractivity contribution in [2.45, 2.75) is 0 Å². The van der Waals surface area contributed by atoms with Crippen LogP contribution in [0.15, 0.2) is 53.6 Å². The van der Waals surface area contributed by atoms with Gasteiger partial charge in [-0.25, -0.2) is 5.43 Å². The summed E-state index contributed by atoms with van der Waals surface area (Å²) in [5, 5.41) is 15.6. The van der Waals surface area contributed by atoms with Crippen LogP contribution in [0.4, 0.5) is 0 Å². The van der Waals surface area contributed by atoms with Crippen LogP contribution in [0.25, 0.3) is 10.8 Å². The first-order valence-electron chi connectivity index (χ1n) is 6.44. The molecule has 22 heavy (non-hydrogen) atoms. The third-order valence-electron chi connectivity index (χ3n) is 3.06. The molecule has 4 nitrogen and oxygen atoms in total. The Morgan fingerprint density at radius 1 is 1.18 bits per heavy atom. The van der Waals surface area contributed by atoms with E-state index in [9.17, 15) is 9.90 Å². The number of aromatic hydroxyl groups is 1. The molecule has 0 fully saturated rings. The van der Waals surface area contributed by atoms with Gasteiger partial charge in [-0.05, 0) is 35.0 Å². The molecular weight excluding hydrogens is 320 g/mol. The summed E-state index contributed by atoms with van der Waals surface area (Å²) in [7, 11) is 0. The second kappa shape index (κ2) is 6.17. The zero-order valence-electron chi connectivity index (χ0n) is 11.3. The number of hydrogen-bond donors (Lipinski definition) is 2. The van der Waals surface area contributed by atoms with Crippen molar-refractivity contribution in [2.24, 2.45) is 5.10 Å². The predicted molar refractivity (Wildman–Crippen MR) is 90.0 cm³/mol. The summed E-state index contributed by atoms with van der Waals surface area (Å²) >= 11 is 7.17. The molecule has 0 aliphatic heterocycles. The summed E-state index contributed by atoms with van der Waals surface area (Å²) in [4.78, 5) is 12.9. The number of phenols is 1. The average Bonchev–Trinajstić information content (AvgIpc) is 2.92. The van der Waals surface area contributed by atoms with Crippen LogP contribution in [0, 0.1) is 0 Å². The molecule has 6 heteroatoms. The van der Waals surface area contributed by atoms with E-state index in [0.29, 0.717) is 4.34 Å². The van der Waals surface area contributed by atoms with E-state index in [1.54, 1.807) is 24.3 Å². The molecule has 3 rings (SSSR count). The van der Waals surface area contributed by atoms with Gasteiger partial charge in [0.05, 0.1) is 16.1 Å². The van der Waals surface area contributed by atoms with E-state index < -0.39 is 5.91 Å². The number of rotatable bonds is 3. The fraction of sp³-hybridized carbons (Fsp3) is 0. The summed E-state index contributed by atoms with van der Waals surface area (Å²) in [6, 6.07) is 14.3. The van der Waals surface area contributed by atoms with Crippen LogP contribution >= 0.6 is 22.9 Å². The highest BCUT2D eigenvalue weighted by atomic mass is 35.5. The van der Waals surface area contributed by atoms with Crippen molar-refractivity contribution in [1.29, 1.82) is 0 Å². The first-order valence-corrected chi connectivity index (χ1v) is 7.63. The molecule has 0 saturated carbocycles. The number of carbonyl (C=O) groups excluding carboxylic acids is 1. The second-order valence-electron chi connectivity index (χ2n) is 4.56. The van der Waals surface area contributed by atoms with Crippen LogP contribution in [0.1, 0.15) is 15.2 Å². The number of phenolic OH excluding ortho intramolecular Hbond substituents is 1. The van der Waals surface area contributed by atoms with E-state index in [2.05, 4.69) is 10.5 Å². The predicted octanol–water partition coefficient (Wildman–Crippen LogP) is 4.02. The zero-order chi connectivity index (χ0) is 15.5. The zero-order valence-corrected chi connectivity index (χ0v) is 12.9. The number of nitrogens with zero attached hydrogens (tertiary/aromatic N) is 1. The van der Waals surface area contributed by atoms with Crippen LogP contribution in [0.2, 0.25) is 4.34 Å². The Balaban J connectivity index is 1.80. The molecule has 0 aliphatic rings. The number of thiophene rings is 1. The Hall–Kier alpha value is -2.37. The lowest BCUT2D eigenvalue weighted by Crippen LogP contribution is -2.17. The number of amides is 1. The van der Waals surface area contributed by atoms with Gasteiger partial charge in [0.15, 0.2) is 0 Å². The van der Waals surface area contributed by atoms with E-state index in [1.807, 2.05) is 24.3 Å². The molecule has 2 aromatic carbocycles. The number of carbonyl (C=O) groups is 1. The molecule has 3 aromatic rings. The van der Waals surface area contributed by atoms with Gasteiger partial charge in [0, 0.05) is 4.88 Å². The number of hydrazone groups is 1. The van der Waals surface area contributed by atoms with Gasteiger partial charge in [-0.3, -0.25) is 4.79 Å². The summed E-state index contributed by atoms with van der Waals surface area (Å²) < 4.78 is 0.653. The smallest absolute Gasteiger partial charge is 0.275 e. The average molecular weight is 331 g/mol. The summed E-state index contributed by atoms with van der Waals surface area (Å²) in [6.07, 6.45) is 1.51. The second-order valence-corrected chi connectivity index (χ2v) is 6.30. The lowest BCUT2D eigenvalue weighted by molar-refractivity contribution is 0.0952. The molecule has 0 bridgehead atoms. The minimum absolute atomic E-state index is 0.0782. The quantitative estimate of drug-likeness (QED) is 0.562. The van der Waals surface area contributed by atoms with E-state index in [4.69, 9.17) is 11.6 Å². The van der Waals surface area contributed by atoms with Gasteiger partial charge in [0.25, 0.3) is 5.91 Å². The van der Waals surface area contributed by atoms with Gasteiger partial charge in [-0.2, -0.15) is 5.10 Å². The standard InChI is InChI=1S/C16H11ClN2O2S/c17-15-6-5-12(22-15)9-18-19-16(21)13-7-10-3-1-2-4-11(10)8-14(13)20/h1-9,20H,(H,19,21)/b18-9+. The van der Waals surface area contributed by atoms with Crippen molar-refractivity contribution in [3.8, 4) is 5.75 Å². The van der Waals surface area contributed by atoms with Gasteiger partial charge in [0.2, 0.25) is 0 Å². The minimum Gasteiger partial charge on any atom is -0.507 e. The lowest BCUT2D eigenvalue weighted by atomic mass is 10.1. The number of fused-ring (bicyclic) bond motifs is 1. The van der Waals surface area contributed by atoms with E-state index in [0.717, 1.165) is 15.6 Å². The first kappa shape index (κ1) is 14.6. The number of nitrogens with one attached hydrogen (secondary N) is 1. The van der Waals surface area contributed by atoms with Gasteiger partial charge >= 0.3 is 0 Å². The molecule has 0 aliphatic carbocycles. The third kappa shape index (κ3) is 3.10. The Bertz CT molecular complexity index is 873. The molecule has 0 spiro atoms. The van der Waals surface area contributed by atoms with Gasteiger partial charge < -0.3 is 5.11 Å². The van der Waals surface area contributed by atoms with Gasteiger partial charge in [-0.1, -0.05) is 35.9 Å². The molecule has 2 N–H and O–H groups in total. The van der Waals surface area contributed by atoms with Crippen LogP contribution in [0.3, 0.4) is 0 Å². The molecule has 0 radical (unpaired) electrons. The lowest BCUT2D eigenvalue weighted by Gasteiger charge is -2.05. The molecule has 1 heterocycles. The summed E-state index contributed by atoms with van der Waals surface area (Å²) in [5.41, 5.74) is 2.58. The van der Waals surface area contributed by atoms with Crippen molar-refractivity contribution < 1.29 is 9.90 Å². The topological polar surface area (TPSA) is 61.7 Å². The Labute approximate surface area is 135 Å². The molecular formula is C16H11ClN2O2S. The maximum atomic E-state index is 12.1. The van der Waals surface area contributed by atoms with Crippen molar-refractivity contribution in [3.63, 3.8) is 0 Å². The molecule has 0 saturated heterocycles. The Morgan fingerprint density at radius 2 is 1.91 bits per heavy atom. The van der Waals surface area contributed by atoms with Crippen LogP contribution < -0.4 is 5.43 Å². The maximum Gasteiger partial charge on any atom is 0.275 e. The van der Waals surface area contributed by atoms with E-state index in [1.165, 1.54) is 17.6 Å². The third-order valence-corrected chi connectivity index (χ3v) is 4.23. The van der Waals surface area contributed by atoms with Crippen molar-refractivity contribution in [3.05, 3.63) is 63.3 Å². The largest absolute Gasteiger partial charge is 0.507 e. The highest BCUT2D eigenvalue weighted by molar-refractivity contribution is 7.17. The first-order chi connectivity index (χ1) is 10.6. The number of benzene rings is 2. The van der Waals surface area contributed by atoms with Crippen LogP contribution in [0.5, 0.6) is 5.75 Å². The Morgan fingerprint density at radius 3 is 2.59 bits per heavy atom. The van der Waals surface area contributed by atoms with Crippen molar-refractivity contribution in [1.82, 2.24) is 5.43 Å².